The highest BCUT2D eigenvalue weighted by molar-refractivity contribution is 7.01. The highest BCUT2D eigenvalue weighted by Crippen LogP contribution is 2.54. The van der Waals surface area contributed by atoms with Crippen LogP contribution in [0.5, 0.6) is 0 Å². The minimum absolute atomic E-state index is 0.0586. The van der Waals surface area contributed by atoms with Crippen molar-refractivity contribution in [3.63, 3.8) is 0 Å². The molecule has 2 aromatic heterocycles. The topological polar surface area (TPSA) is 32.8 Å². The number of aryl methyl sites for hydroxylation is 1. The zero-order valence-corrected chi connectivity index (χ0v) is 27.6. The molecule has 0 N–H and O–H groups in total. The molecule has 0 saturated heterocycles. The molecule has 3 aliphatic rings. The van der Waals surface area contributed by atoms with E-state index in [9.17, 15) is 0 Å². The van der Waals surface area contributed by atoms with Crippen LogP contribution in [-0.2, 0) is 10.8 Å². The first kappa shape index (κ1) is 27.0. The number of fused-ring (bicyclic) bond motifs is 8. The van der Waals surface area contributed by atoms with Crippen molar-refractivity contribution >= 4 is 79.6 Å². The largest absolute Gasteiger partial charge is 0.468 e. The maximum absolute atomic E-state index is 7.09. The van der Waals surface area contributed by atoms with E-state index < -0.39 is 0 Å². The standard InChI is InChI=1S/C42H35BN2O2/c1-24-22-31-37-32(23-24)45-30-15-9-8-13-28(30)42(5,6)29-14-11-17-34-35(29)38(45)39(46-34)43(37)36-27-12-7-10-16-33(27)47-40(36)44(31)26-20-18-25(19-21-26)41(2,3)4/h7-23H,1-6H3. The van der Waals surface area contributed by atoms with Crippen molar-refractivity contribution in [1.29, 1.82) is 0 Å². The van der Waals surface area contributed by atoms with Gasteiger partial charge in [0.25, 0.3) is 0 Å². The Morgan fingerprint density at radius 3 is 2.13 bits per heavy atom. The summed E-state index contributed by atoms with van der Waals surface area (Å²) in [7, 11) is 0. The molecule has 47 heavy (non-hydrogen) atoms. The summed E-state index contributed by atoms with van der Waals surface area (Å²) in [5.74, 6) is 0.861. The number of nitrogens with zero attached hydrogens (tertiary/aromatic N) is 2. The van der Waals surface area contributed by atoms with E-state index in [4.69, 9.17) is 8.83 Å². The summed E-state index contributed by atoms with van der Waals surface area (Å²) >= 11 is 0. The average molecular weight is 611 g/mol. The number of furan rings is 2. The molecule has 0 saturated carbocycles. The second-order valence-electron chi connectivity index (χ2n) is 15.1. The molecule has 0 atom stereocenters. The lowest BCUT2D eigenvalue weighted by molar-refractivity contribution is 0.590. The first-order valence-corrected chi connectivity index (χ1v) is 16.6. The molecule has 0 spiro atoms. The van der Waals surface area contributed by atoms with Crippen molar-refractivity contribution in [3.8, 4) is 0 Å². The lowest BCUT2D eigenvalue weighted by atomic mass is 9.35. The van der Waals surface area contributed by atoms with E-state index in [1.165, 1.54) is 44.5 Å². The average Bonchev–Trinajstić information content (AvgIpc) is 3.61. The Bertz CT molecular complexity index is 2460. The first-order valence-electron chi connectivity index (χ1n) is 16.6. The summed E-state index contributed by atoms with van der Waals surface area (Å²) in [5.41, 5.74) is 15.9. The smallest absolute Gasteiger partial charge is 0.302 e. The monoisotopic (exact) mass is 610 g/mol. The molecule has 0 aliphatic carbocycles. The number of hydrogen-bond donors (Lipinski definition) is 0. The van der Waals surface area contributed by atoms with Gasteiger partial charge >= 0.3 is 6.71 Å². The van der Waals surface area contributed by atoms with E-state index in [1.54, 1.807) is 0 Å². The molecule has 0 unspecified atom stereocenters. The summed E-state index contributed by atoms with van der Waals surface area (Å²) in [6.07, 6.45) is 0. The summed E-state index contributed by atoms with van der Waals surface area (Å²) in [6.45, 7) is 13.6. The van der Waals surface area contributed by atoms with Crippen LogP contribution in [0.4, 0.5) is 34.3 Å². The molecule has 228 valence electrons. The number of rotatable bonds is 1. The van der Waals surface area contributed by atoms with Crippen LogP contribution in [0.1, 0.15) is 56.9 Å². The van der Waals surface area contributed by atoms with Gasteiger partial charge in [0.05, 0.1) is 17.0 Å². The number of para-hydroxylation sites is 2. The van der Waals surface area contributed by atoms with Crippen LogP contribution in [-0.4, -0.2) is 6.71 Å². The SMILES string of the molecule is Cc1cc2c3c(c1)N1c4ccccc4C(C)(C)c4cccc5oc(c1c45)B3c1c(oc3ccccc13)N2c1ccc(C(C)(C)C)cc1. The van der Waals surface area contributed by atoms with Crippen molar-refractivity contribution in [3.05, 3.63) is 125 Å². The number of anilines is 6. The molecule has 7 aromatic rings. The minimum Gasteiger partial charge on any atom is -0.468 e. The van der Waals surface area contributed by atoms with Gasteiger partial charge in [-0.1, -0.05) is 95.3 Å². The molecular weight excluding hydrogens is 575 g/mol. The molecule has 10 rings (SSSR count). The van der Waals surface area contributed by atoms with Crippen LogP contribution >= 0.6 is 0 Å². The van der Waals surface area contributed by atoms with Gasteiger partial charge in [-0.2, -0.15) is 0 Å². The van der Waals surface area contributed by atoms with Gasteiger partial charge in [-0.15, -0.1) is 0 Å². The predicted octanol–water partition coefficient (Wildman–Crippen LogP) is 9.51. The molecule has 0 bridgehead atoms. The van der Waals surface area contributed by atoms with Crippen molar-refractivity contribution in [2.45, 2.75) is 52.4 Å². The van der Waals surface area contributed by atoms with Crippen molar-refractivity contribution < 1.29 is 8.83 Å². The Kier molecular flexibility index (Phi) is 5.06. The normalized spacial score (nSPS) is 15.5. The van der Waals surface area contributed by atoms with Crippen LogP contribution in [0.3, 0.4) is 0 Å². The van der Waals surface area contributed by atoms with Crippen LogP contribution in [0.15, 0.2) is 112 Å². The fourth-order valence-electron chi connectivity index (χ4n) is 8.61. The molecule has 5 heteroatoms. The lowest BCUT2D eigenvalue weighted by Crippen LogP contribution is -2.60. The zero-order chi connectivity index (χ0) is 32.0. The van der Waals surface area contributed by atoms with E-state index in [2.05, 4.69) is 154 Å². The van der Waals surface area contributed by atoms with Crippen LogP contribution in [0, 0.1) is 6.92 Å². The first-order chi connectivity index (χ1) is 22.6. The molecule has 5 aromatic carbocycles. The summed E-state index contributed by atoms with van der Waals surface area (Å²) in [5, 5.41) is 2.32. The highest BCUT2D eigenvalue weighted by atomic mass is 16.4. The van der Waals surface area contributed by atoms with E-state index in [1.807, 2.05) is 0 Å². The van der Waals surface area contributed by atoms with E-state index >= 15 is 0 Å². The second-order valence-corrected chi connectivity index (χ2v) is 15.1. The van der Waals surface area contributed by atoms with E-state index in [0.29, 0.717) is 0 Å². The Morgan fingerprint density at radius 2 is 1.34 bits per heavy atom. The third-order valence-corrected chi connectivity index (χ3v) is 10.8. The van der Waals surface area contributed by atoms with Crippen molar-refractivity contribution in [1.82, 2.24) is 0 Å². The van der Waals surface area contributed by atoms with E-state index in [0.717, 1.165) is 50.6 Å². The Hall–Kier alpha value is -5.16. The van der Waals surface area contributed by atoms with Gasteiger partial charge in [0.15, 0.2) is 0 Å². The van der Waals surface area contributed by atoms with Crippen molar-refractivity contribution in [2.75, 3.05) is 9.80 Å². The van der Waals surface area contributed by atoms with Gasteiger partial charge in [0, 0.05) is 38.7 Å². The van der Waals surface area contributed by atoms with E-state index in [-0.39, 0.29) is 17.5 Å². The fourth-order valence-corrected chi connectivity index (χ4v) is 8.61. The van der Waals surface area contributed by atoms with Crippen LogP contribution in [0.2, 0.25) is 0 Å². The van der Waals surface area contributed by atoms with Gasteiger partial charge < -0.3 is 13.7 Å². The summed E-state index contributed by atoms with van der Waals surface area (Å²) < 4.78 is 14.0. The lowest BCUT2D eigenvalue weighted by Gasteiger charge is -2.41. The summed E-state index contributed by atoms with van der Waals surface area (Å²) in [4.78, 5) is 4.85. The van der Waals surface area contributed by atoms with Gasteiger partial charge in [-0.05, 0) is 82.5 Å². The maximum Gasteiger partial charge on any atom is 0.302 e. The Labute approximate surface area is 275 Å². The van der Waals surface area contributed by atoms with Gasteiger partial charge in [-0.25, -0.2) is 0 Å². The summed E-state index contributed by atoms with van der Waals surface area (Å²) in [6, 6.07) is 37.7. The molecule has 4 nitrogen and oxygen atoms in total. The minimum atomic E-state index is -0.234. The number of benzene rings is 5. The fraction of sp³-hybridized carbons (Fsp3) is 0.190. The second kappa shape index (κ2) is 8.80. The number of hydrogen-bond acceptors (Lipinski definition) is 4. The molecule has 0 amide bonds. The molecule has 3 aliphatic heterocycles. The predicted molar refractivity (Wildman–Crippen MR) is 196 cm³/mol. The zero-order valence-electron chi connectivity index (χ0n) is 27.6. The van der Waals surface area contributed by atoms with Crippen LogP contribution < -0.4 is 26.4 Å². The Balaban J connectivity index is 1.36. The molecular formula is C42H35BN2O2. The Morgan fingerprint density at radius 1 is 0.660 bits per heavy atom. The third kappa shape index (κ3) is 3.39. The highest BCUT2D eigenvalue weighted by Gasteiger charge is 2.51. The molecule has 0 fully saturated rings. The van der Waals surface area contributed by atoms with Gasteiger partial charge in [-0.3, -0.25) is 4.90 Å². The van der Waals surface area contributed by atoms with Crippen LogP contribution in [0.25, 0.3) is 21.9 Å². The molecule has 5 heterocycles. The van der Waals surface area contributed by atoms with Crippen molar-refractivity contribution in [2.24, 2.45) is 0 Å². The van der Waals surface area contributed by atoms with Gasteiger partial charge in [0.2, 0.25) is 5.88 Å². The third-order valence-electron chi connectivity index (χ3n) is 10.8. The quantitative estimate of drug-likeness (QED) is 0.173. The molecule has 0 radical (unpaired) electrons. The maximum atomic E-state index is 7.09. The van der Waals surface area contributed by atoms with Gasteiger partial charge in [0.1, 0.15) is 11.2 Å².